The molecule has 2 N–H and O–H groups in total. The van der Waals surface area contributed by atoms with Crippen molar-refractivity contribution in [3.05, 3.63) is 48.1 Å². The van der Waals surface area contributed by atoms with Crippen LogP contribution in [0.3, 0.4) is 0 Å². The first-order valence-corrected chi connectivity index (χ1v) is 8.46. The molecule has 0 atom stereocenters. The van der Waals surface area contributed by atoms with Gasteiger partial charge in [0.2, 0.25) is 0 Å². The van der Waals surface area contributed by atoms with E-state index in [0.717, 1.165) is 0 Å². The quantitative estimate of drug-likeness (QED) is 0.608. The molecule has 1 aromatic carbocycles. The number of hydrogen-bond donors (Lipinski definition) is 2. The van der Waals surface area contributed by atoms with Gasteiger partial charge in [-0.2, -0.15) is 0 Å². The summed E-state index contributed by atoms with van der Waals surface area (Å²) < 4.78 is 26.8. The third-order valence-corrected chi connectivity index (χ3v) is 5.89. The highest BCUT2D eigenvalue weighted by molar-refractivity contribution is 9.10. The van der Waals surface area contributed by atoms with E-state index in [9.17, 15) is 23.3 Å². The van der Waals surface area contributed by atoms with Gasteiger partial charge in [0, 0.05) is 16.2 Å². The maximum atomic E-state index is 12.2. The van der Waals surface area contributed by atoms with Crippen molar-refractivity contribution in [3.63, 3.8) is 0 Å². The summed E-state index contributed by atoms with van der Waals surface area (Å²) in [5.41, 5.74) is -0.394. The lowest BCUT2D eigenvalue weighted by atomic mass is 10.3. The van der Waals surface area contributed by atoms with E-state index in [-0.39, 0.29) is 15.6 Å². The van der Waals surface area contributed by atoms with Crippen LogP contribution in [0, 0.1) is 17.0 Å². The molecule has 8 nitrogen and oxygen atoms in total. The van der Waals surface area contributed by atoms with Crippen LogP contribution in [0.5, 0.6) is 0 Å². The van der Waals surface area contributed by atoms with Crippen LogP contribution in [0.2, 0.25) is 0 Å². The van der Waals surface area contributed by atoms with Gasteiger partial charge in [0.15, 0.2) is 4.21 Å². The Bertz CT molecular complexity index is 871. The molecule has 0 saturated carbocycles. The van der Waals surface area contributed by atoms with E-state index < -0.39 is 25.5 Å². The van der Waals surface area contributed by atoms with Gasteiger partial charge in [0.25, 0.3) is 15.7 Å². The summed E-state index contributed by atoms with van der Waals surface area (Å²) in [4.78, 5) is 23.3. The number of aromatic amines is 1. The molecule has 0 radical (unpaired) electrons. The Morgan fingerprint density at radius 3 is 2.62 bits per heavy atom. The van der Waals surface area contributed by atoms with Gasteiger partial charge in [-0.25, -0.2) is 8.42 Å². The normalized spacial score (nSPS) is 11.3. The van der Waals surface area contributed by atoms with Crippen molar-refractivity contribution in [2.75, 3.05) is 4.72 Å². The third kappa shape index (κ3) is 3.31. The lowest BCUT2D eigenvalue weighted by molar-refractivity contribution is -0.384. The molecule has 0 saturated heterocycles. The number of anilines is 1. The molecule has 2 rings (SSSR count). The van der Waals surface area contributed by atoms with Crippen molar-refractivity contribution in [1.29, 1.82) is 0 Å². The first-order valence-electron chi connectivity index (χ1n) is 5.37. The Labute approximate surface area is 131 Å². The van der Waals surface area contributed by atoms with Crippen molar-refractivity contribution < 1.29 is 13.3 Å². The van der Waals surface area contributed by atoms with E-state index >= 15 is 0 Å². The fourth-order valence-corrected chi connectivity index (χ4v) is 4.31. The molecule has 0 aliphatic heterocycles. The second kappa shape index (κ2) is 5.58. The average molecular weight is 394 g/mol. The molecular weight excluding hydrogens is 386 g/mol. The Morgan fingerprint density at radius 2 is 2.10 bits per heavy atom. The topological polar surface area (TPSA) is 122 Å². The number of nitrogens with one attached hydrogen (secondary N) is 2. The minimum Gasteiger partial charge on any atom is -0.315 e. The summed E-state index contributed by atoms with van der Waals surface area (Å²) in [6.07, 6.45) is 0. The molecule has 2 aromatic rings. The van der Waals surface area contributed by atoms with E-state index in [0.29, 0.717) is 15.8 Å². The number of sulfonamides is 1. The molecule has 0 fully saturated rings. The maximum Gasteiger partial charge on any atom is 0.306 e. The number of rotatable bonds is 4. The lowest BCUT2D eigenvalue weighted by Crippen LogP contribution is -2.13. The van der Waals surface area contributed by atoms with Gasteiger partial charge in [-0.3, -0.25) is 19.6 Å². The number of benzene rings is 1. The maximum absolute atomic E-state index is 12.2. The Balaban J connectivity index is 2.49. The number of aromatic nitrogens is 1. The first kappa shape index (κ1) is 15.7. The van der Waals surface area contributed by atoms with Crippen LogP contribution in [-0.2, 0) is 10.0 Å². The molecule has 1 aromatic heterocycles. The van der Waals surface area contributed by atoms with E-state index in [1.807, 2.05) is 0 Å². The fourth-order valence-electron chi connectivity index (χ4n) is 1.58. The average Bonchev–Trinajstić information content (AvgIpc) is 2.71. The zero-order chi connectivity index (χ0) is 15.8. The van der Waals surface area contributed by atoms with Gasteiger partial charge in [-0.15, -0.1) is 0 Å². The number of nitrogens with zero attached hydrogens (tertiary/aromatic N) is 1. The van der Waals surface area contributed by atoms with Crippen LogP contribution in [0.25, 0.3) is 0 Å². The SMILES string of the molecule is Cc1[nH]c(=O)sc1S(=O)(=O)Nc1ccc(Br)cc1[N+](=O)[O-]. The van der Waals surface area contributed by atoms with E-state index in [1.54, 1.807) is 0 Å². The molecule has 11 heteroatoms. The minimum absolute atomic E-state index is 0.177. The molecule has 21 heavy (non-hydrogen) atoms. The molecule has 112 valence electrons. The standard InChI is InChI=1S/C10H8BrN3O5S2/c1-5-9(20-10(15)12-5)21(18,19)13-7-3-2-6(11)4-8(7)14(16)17/h2-4,13H,1H3,(H,12,15). The zero-order valence-corrected chi connectivity index (χ0v) is 13.6. The van der Waals surface area contributed by atoms with Gasteiger partial charge in [-0.05, 0) is 19.1 Å². The predicted octanol–water partition coefficient (Wildman–Crippen LogP) is 2.22. The third-order valence-electron chi connectivity index (χ3n) is 2.43. The summed E-state index contributed by atoms with van der Waals surface area (Å²) in [5, 5.41) is 11.0. The van der Waals surface area contributed by atoms with Crippen LogP contribution in [0.4, 0.5) is 11.4 Å². The monoisotopic (exact) mass is 393 g/mol. The predicted molar refractivity (Wildman–Crippen MR) is 81.3 cm³/mol. The summed E-state index contributed by atoms with van der Waals surface area (Å²) in [7, 11) is -4.07. The fraction of sp³-hybridized carbons (Fsp3) is 0.100. The Morgan fingerprint density at radius 1 is 1.43 bits per heavy atom. The highest BCUT2D eigenvalue weighted by Crippen LogP contribution is 2.30. The largest absolute Gasteiger partial charge is 0.315 e. The molecular formula is C10H8BrN3O5S2. The molecule has 0 spiro atoms. The molecule has 0 aliphatic carbocycles. The second-order valence-corrected chi connectivity index (χ2v) is 7.73. The zero-order valence-electron chi connectivity index (χ0n) is 10.4. The number of nitro benzene ring substituents is 1. The van der Waals surface area contributed by atoms with Crippen molar-refractivity contribution in [1.82, 2.24) is 4.98 Å². The molecule has 0 bridgehead atoms. The molecule has 0 aliphatic rings. The van der Waals surface area contributed by atoms with Crippen LogP contribution in [-0.4, -0.2) is 18.3 Å². The second-order valence-electron chi connectivity index (χ2n) is 3.95. The number of hydrogen-bond acceptors (Lipinski definition) is 6. The highest BCUT2D eigenvalue weighted by Gasteiger charge is 2.24. The number of H-pyrrole nitrogens is 1. The number of nitro groups is 1. The van der Waals surface area contributed by atoms with Crippen molar-refractivity contribution >= 4 is 48.7 Å². The van der Waals surface area contributed by atoms with Gasteiger partial charge < -0.3 is 4.98 Å². The summed E-state index contributed by atoms with van der Waals surface area (Å²) in [6.45, 7) is 1.43. The van der Waals surface area contributed by atoms with Gasteiger partial charge in [0.1, 0.15) is 5.69 Å². The van der Waals surface area contributed by atoms with E-state index in [2.05, 4.69) is 25.6 Å². The Hall–Kier alpha value is -1.72. The van der Waals surface area contributed by atoms with Gasteiger partial charge in [-0.1, -0.05) is 27.3 Å². The van der Waals surface area contributed by atoms with E-state index in [1.165, 1.54) is 25.1 Å². The first-order chi connectivity index (χ1) is 9.70. The van der Waals surface area contributed by atoms with Gasteiger partial charge in [0.05, 0.1) is 4.92 Å². The van der Waals surface area contributed by atoms with Crippen LogP contribution >= 0.6 is 27.3 Å². The van der Waals surface area contributed by atoms with Crippen LogP contribution in [0.1, 0.15) is 5.69 Å². The lowest BCUT2D eigenvalue weighted by Gasteiger charge is -2.07. The van der Waals surface area contributed by atoms with Crippen LogP contribution in [0.15, 0.2) is 31.7 Å². The summed E-state index contributed by atoms with van der Waals surface area (Å²) in [5.74, 6) is 0. The number of halogens is 1. The smallest absolute Gasteiger partial charge is 0.306 e. The van der Waals surface area contributed by atoms with Crippen LogP contribution < -0.4 is 9.60 Å². The van der Waals surface area contributed by atoms with Gasteiger partial charge >= 0.3 is 4.87 Å². The number of thiazole rings is 1. The number of aryl methyl sites for hydroxylation is 1. The highest BCUT2D eigenvalue weighted by atomic mass is 79.9. The molecule has 0 amide bonds. The molecule has 1 heterocycles. The minimum atomic E-state index is -4.07. The van der Waals surface area contributed by atoms with E-state index in [4.69, 9.17) is 0 Å². The van der Waals surface area contributed by atoms with Crippen molar-refractivity contribution in [2.24, 2.45) is 0 Å². The van der Waals surface area contributed by atoms with Crippen molar-refractivity contribution in [2.45, 2.75) is 11.1 Å². The van der Waals surface area contributed by atoms with Crippen molar-refractivity contribution in [3.8, 4) is 0 Å². The summed E-state index contributed by atoms with van der Waals surface area (Å²) in [6, 6.07) is 3.92. The summed E-state index contributed by atoms with van der Waals surface area (Å²) >= 11 is 3.60. The Kier molecular flexibility index (Phi) is 4.16. The molecule has 0 unspecified atom stereocenters.